The van der Waals surface area contributed by atoms with Gasteiger partial charge in [-0.1, -0.05) is 6.08 Å². The number of imidazole rings is 1. The van der Waals surface area contributed by atoms with Crippen molar-refractivity contribution in [1.82, 2.24) is 19.5 Å². The van der Waals surface area contributed by atoms with Crippen molar-refractivity contribution in [3.8, 4) is 0 Å². The third-order valence-corrected chi connectivity index (χ3v) is 4.89. The van der Waals surface area contributed by atoms with Crippen molar-refractivity contribution in [3.63, 3.8) is 0 Å². The normalized spacial score (nSPS) is 25.1. The Kier molecular flexibility index (Phi) is 5.57. The lowest BCUT2D eigenvalue weighted by atomic mass is 9.95. The number of nitrogens with two attached hydrogens (primary N) is 1. The minimum absolute atomic E-state index is 0.0234. The van der Waals surface area contributed by atoms with Gasteiger partial charge in [0.25, 0.3) is 0 Å². The fraction of sp³-hybridized carbons (Fsp3) is 0.500. The van der Waals surface area contributed by atoms with E-state index in [1.165, 1.54) is 6.33 Å². The molecular weight excluding hydrogens is 349 g/mol. The Morgan fingerprint density at radius 3 is 3.12 bits per heavy atom. The molecule has 3 rings (SSSR count). The summed E-state index contributed by atoms with van der Waals surface area (Å²) in [5.74, 6) is 0.676. The molecule has 1 fully saturated rings. The van der Waals surface area contributed by atoms with Crippen molar-refractivity contribution in [1.29, 1.82) is 0 Å². The summed E-state index contributed by atoms with van der Waals surface area (Å²) in [5, 5.41) is 0. The number of allylic oxidation sites excluding steroid dienone is 1. The molecule has 3 heterocycles. The van der Waals surface area contributed by atoms with Crippen LogP contribution in [0, 0.1) is 5.92 Å². The first kappa shape index (κ1) is 17.4. The van der Waals surface area contributed by atoms with E-state index in [0.29, 0.717) is 36.1 Å². The first-order chi connectivity index (χ1) is 11.6. The van der Waals surface area contributed by atoms with E-state index >= 15 is 0 Å². The summed E-state index contributed by atoms with van der Waals surface area (Å²) >= 11 is 4.71. The van der Waals surface area contributed by atoms with Gasteiger partial charge in [-0.3, -0.25) is 0 Å². The Bertz CT molecular complexity index is 755. The van der Waals surface area contributed by atoms with Crippen LogP contribution >= 0.6 is 7.15 Å². The molecule has 3 N–H and O–H groups in total. The maximum Gasteiger partial charge on any atom is 0.173 e. The van der Waals surface area contributed by atoms with Crippen LogP contribution < -0.4 is 5.73 Å². The second kappa shape index (κ2) is 7.67. The summed E-state index contributed by atoms with van der Waals surface area (Å²) in [4.78, 5) is 21.7. The number of anilines is 1. The fourth-order valence-corrected chi connectivity index (χ4v) is 3.59. The standard InChI is InChI=1S/C14H20N5O3PS/c1-2-3-9-4-10(6-21-23(20)24)22-11(9)5-19-8-18-12-13(15)16-7-17-14(12)19/h2,7-11,23H,1,3-6H2,(H,20,24)(H2,15,16,17)/t9?,10-,11-/m0/s1. The molecule has 130 valence electrons. The maximum atomic E-state index is 9.18. The molecule has 2 aromatic heterocycles. The van der Waals surface area contributed by atoms with E-state index in [-0.39, 0.29) is 12.2 Å². The molecule has 0 bridgehead atoms. The van der Waals surface area contributed by atoms with Crippen LogP contribution in [0.2, 0.25) is 0 Å². The molecule has 24 heavy (non-hydrogen) atoms. The van der Waals surface area contributed by atoms with E-state index in [0.717, 1.165) is 12.8 Å². The summed E-state index contributed by atoms with van der Waals surface area (Å²) < 4.78 is 13.2. The molecule has 1 aliphatic heterocycles. The first-order valence-corrected chi connectivity index (χ1v) is 10.1. The smallest absolute Gasteiger partial charge is 0.173 e. The van der Waals surface area contributed by atoms with E-state index in [2.05, 4.69) is 21.5 Å². The highest BCUT2D eigenvalue weighted by Gasteiger charge is 2.35. The predicted octanol–water partition coefficient (Wildman–Crippen LogP) is 1.27. The zero-order chi connectivity index (χ0) is 17.1. The predicted molar refractivity (Wildman–Crippen MR) is 95.2 cm³/mol. The second-order valence-corrected chi connectivity index (χ2v) is 7.59. The van der Waals surface area contributed by atoms with E-state index in [1.54, 1.807) is 6.33 Å². The molecule has 8 nitrogen and oxygen atoms in total. The lowest BCUT2D eigenvalue weighted by Crippen LogP contribution is -2.23. The monoisotopic (exact) mass is 369 g/mol. The fourth-order valence-electron chi connectivity index (χ4n) is 3.06. The molecule has 10 heteroatoms. The number of hydrogen-bond acceptors (Lipinski definition) is 7. The Balaban J connectivity index is 1.74. The van der Waals surface area contributed by atoms with Crippen molar-refractivity contribution >= 4 is 35.9 Å². The van der Waals surface area contributed by atoms with E-state index in [9.17, 15) is 4.89 Å². The topological polar surface area (TPSA) is 108 Å². The maximum absolute atomic E-state index is 9.18. The van der Waals surface area contributed by atoms with E-state index < -0.39 is 7.15 Å². The SMILES string of the molecule is C=CCC1C[C@@H](CO[PH](O)=S)O[C@H]1Cn1cnc2c(N)ncnc21. The van der Waals surface area contributed by atoms with Gasteiger partial charge >= 0.3 is 0 Å². The van der Waals surface area contributed by atoms with Gasteiger partial charge in [-0.25, -0.2) is 15.0 Å². The molecule has 1 saturated heterocycles. The third-order valence-electron chi connectivity index (χ3n) is 4.13. The number of ether oxygens (including phenoxy) is 1. The largest absolute Gasteiger partial charge is 0.382 e. The van der Waals surface area contributed by atoms with Crippen LogP contribution in [0.3, 0.4) is 0 Å². The van der Waals surface area contributed by atoms with Crippen molar-refractivity contribution < 1.29 is 14.2 Å². The Morgan fingerprint density at radius 1 is 1.54 bits per heavy atom. The van der Waals surface area contributed by atoms with Gasteiger partial charge in [-0.2, -0.15) is 0 Å². The summed E-state index contributed by atoms with van der Waals surface area (Å²) in [5.41, 5.74) is 7.11. The lowest BCUT2D eigenvalue weighted by molar-refractivity contribution is 0.00450. The highest BCUT2D eigenvalue weighted by Crippen LogP contribution is 2.32. The lowest BCUT2D eigenvalue weighted by Gasteiger charge is -2.18. The molecule has 1 aliphatic rings. The molecule has 0 aromatic carbocycles. The minimum Gasteiger partial charge on any atom is -0.382 e. The van der Waals surface area contributed by atoms with Crippen LogP contribution in [0.4, 0.5) is 5.82 Å². The Labute approximate surface area is 145 Å². The van der Waals surface area contributed by atoms with Gasteiger partial charge in [-0.05, 0) is 30.6 Å². The minimum atomic E-state index is -2.11. The van der Waals surface area contributed by atoms with Gasteiger partial charge in [0.2, 0.25) is 0 Å². The first-order valence-electron chi connectivity index (χ1n) is 7.62. The van der Waals surface area contributed by atoms with Crippen LogP contribution in [-0.2, 0) is 27.6 Å². The molecule has 0 spiro atoms. The van der Waals surface area contributed by atoms with Crippen LogP contribution in [0.1, 0.15) is 12.8 Å². The zero-order valence-electron chi connectivity index (χ0n) is 13.0. The number of fused-ring (bicyclic) bond motifs is 1. The highest BCUT2D eigenvalue weighted by atomic mass is 32.4. The Morgan fingerprint density at radius 2 is 2.38 bits per heavy atom. The number of nitrogen functional groups attached to an aromatic ring is 1. The molecule has 2 unspecified atom stereocenters. The summed E-state index contributed by atoms with van der Waals surface area (Å²) in [6, 6.07) is 0. The molecule has 0 radical (unpaired) electrons. The highest BCUT2D eigenvalue weighted by molar-refractivity contribution is 8.00. The summed E-state index contributed by atoms with van der Waals surface area (Å²) in [6.07, 6.45) is 6.60. The summed E-state index contributed by atoms with van der Waals surface area (Å²) in [7, 11) is -2.11. The van der Waals surface area contributed by atoms with Gasteiger partial charge in [0.05, 0.1) is 31.7 Å². The van der Waals surface area contributed by atoms with Gasteiger partial charge in [0.1, 0.15) is 11.8 Å². The van der Waals surface area contributed by atoms with E-state index in [4.69, 9.17) is 26.8 Å². The molecular formula is C14H20N5O3PS. The molecule has 0 saturated carbocycles. The third kappa shape index (κ3) is 3.81. The molecule has 0 aliphatic carbocycles. The van der Waals surface area contributed by atoms with Crippen molar-refractivity contribution in [2.45, 2.75) is 31.6 Å². The number of aromatic nitrogens is 4. The Hall–Kier alpha value is -1.38. The van der Waals surface area contributed by atoms with E-state index in [1.807, 2.05) is 10.6 Å². The molecule has 0 amide bonds. The number of hydrogen-bond donors (Lipinski definition) is 2. The molecule has 2 aromatic rings. The second-order valence-electron chi connectivity index (χ2n) is 5.72. The number of rotatable bonds is 7. The van der Waals surface area contributed by atoms with Crippen molar-refractivity contribution in [3.05, 3.63) is 25.3 Å². The van der Waals surface area contributed by atoms with Gasteiger partial charge in [0.15, 0.2) is 18.6 Å². The number of nitrogens with zero attached hydrogens (tertiary/aromatic N) is 4. The zero-order valence-corrected chi connectivity index (χ0v) is 14.9. The average Bonchev–Trinajstić information content (AvgIpc) is 3.12. The summed E-state index contributed by atoms with van der Waals surface area (Å²) in [6.45, 7) is 4.74. The van der Waals surface area contributed by atoms with Crippen LogP contribution in [-0.4, -0.2) is 43.2 Å². The van der Waals surface area contributed by atoms with Crippen molar-refractivity contribution in [2.75, 3.05) is 12.3 Å². The van der Waals surface area contributed by atoms with Crippen molar-refractivity contribution in [2.24, 2.45) is 5.92 Å². The van der Waals surface area contributed by atoms with Gasteiger partial charge < -0.3 is 24.5 Å². The van der Waals surface area contributed by atoms with Gasteiger partial charge in [0, 0.05) is 0 Å². The van der Waals surface area contributed by atoms with Crippen LogP contribution in [0.5, 0.6) is 0 Å². The van der Waals surface area contributed by atoms with Gasteiger partial charge in [-0.15, -0.1) is 6.58 Å². The molecule has 4 atom stereocenters. The average molecular weight is 369 g/mol. The van der Waals surface area contributed by atoms with Crippen LogP contribution in [0.25, 0.3) is 11.2 Å². The van der Waals surface area contributed by atoms with Crippen LogP contribution in [0.15, 0.2) is 25.3 Å². The quantitative estimate of drug-likeness (QED) is 0.555.